The molecular weight excluding hydrogens is 430 g/mol. The Labute approximate surface area is 200 Å². The van der Waals surface area contributed by atoms with Crippen LogP contribution in [0.4, 0.5) is 0 Å². The van der Waals surface area contributed by atoms with Crippen LogP contribution in [0.3, 0.4) is 0 Å². The van der Waals surface area contributed by atoms with Gasteiger partial charge in [0.25, 0.3) is 5.91 Å². The Hall–Kier alpha value is -3.74. The fourth-order valence-corrected chi connectivity index (χ4v) is 4.13. The van der Waals surface area contributed by atoms with Crippen LogP contribution in [0.15, 0.2) is 78.6 Å². The first kappa shape index (κ1) is 24.9. The SMILES string of the molecule is C=CC=NC(=C)C(=C)C(=CC=C)C(=O)N1CC(Oc2nccc3c2C(=O)OC3(C)C)CCC1C. The third-order valence-electron chi connectivity index (χ3n) is 6.02. The fourth-order valence-electron chi connectivity index (χ4n) is 4.13. The van der Waals surface area contributed by atoms with E-state index in [0.29, 0.717) is 35.4 Å². The van der Waals surface area contributed by atoms with E-state index in [2.05, 4.69) is 36.3 Å². The highest BCUT2D eigenvalue weighted by molar-refractivity contribution is 5.99. The maximum atomic E-state index is 13.5. The van der Waals surface area contributed by atoms with Crippen molar-refractivity contribution in [1.82, 2.24) is 9.88 Å². The summed E-state index contributed by atoms with van der Waals surface area (Å²) in [5.74, 6) is -0.433. The van der Waals surface area contributed by atoms with E-state index in [1.807, 2.05) is 20.8 Å². The molecule has 1 aromatic rings. The molecule has 2 aliphatic rings. The number of carbonyl (C=O) groups excluding carboxylic acids is 2. The molecule has 0 saturated carbocycles. The number of aromatic nitrogens is 1. The Morgan fingerprint density at radius 2 is 2.03 bits per heavy atom. The summed E-state index contributed by atoms with van der Waals surface area (Å²) in [7, 11) is 0. The van der Waals surface area contributed by atoms with Crippen molar-refractivity contribution in [3.8, 4) is 5.88 Å². The number of likely N-dealkylation sites (tertiary alicyclic amines) is 1. The predicted molar refractivity (Wildman–Crippen MR) is 133 cm³/mol. The number of amides is 1. The van der Waals surface area contributed by atoms with Gasteiger partial charge in [-0.1, -0.05) is 38.5 Å². The number of piperidine rings is 1. The molecule has 0 bridgehead atoms. The van der Waals surface area contributed by atoms with Crippen molar-refractivity contribution in [3.05, 3.63) is 84.8 Å². The highest BCUT2D eigenvalue weighted by Gasteiger charge is 2.41. The first-order valence-corrected chi connectivity index (χ1v) is 11.2. The van der Waals surface area contributed by atoms with Crippen LogP contribution in [0.2, 0.25) is 0 Å². The number of rotatable bonds is 8. The Bertz CT molecular complexity index is 1110. The van der Waals surface area contributed by atoms with Crippen molar-refractivity contribution in [1.29, 1.82) is 0 Å². The molecule has 0 aliphatic carbocycles. The summed E-state index contributed by atoms with van der Waals surface area (Å²) in [5.41, 5.74) is 1.48. The van der Waals surface area contributed by atoms with Gasteiger partial charge in [-0.2, -0.15) is 0 Å². The van der Waals surface area contributed by atoms with Crippen LogP contribution < -0.4 is 4.74 Å². The molecular formula is C27H31N3O4. The van der Waals surface area contributed by atoms with Crippen LogP contribution in [0.1, 0.15) is 49.5 Å². The van der Waals surface area contributed by atoms with E-state index in [9.17, 15) is 9.59 Å². The first-order chi connectivity index (χ1) is 16.1. The lowest BCUT2D eigenvalue weighted by Gasteiger charge is -2.38. The average molecular weight is 462 g/mol. The summed E-state index contributed by atoms with van der Waals surface area (Å²) >= 11 is 0. The van der Waals surface area contributed by atoms with E-state index in [1.54, 1.807) is 23.2 Å². The second-order valence-corrected chi connectivity index (χ2v) is 8.82. The van der Waals surface area contributed by atoms with E-state index < -0.39 is 11.6 Å². The summed E-state index contributed by atoms with van der Waals surface area (Å²) in [4.78, 5) is 36.2. The van der Waals surface area contributed by atoms with Crippen LogP contribution in [-0.4, -0.2) is 46.7 Å². The molecule has 3 heterocycles. The van der Waals surface area contributed by atoms with Gasteiger partial charge in [-0.3, -0.25) is 9.79 Å². The molecule has 1 fully saturated rings. The lowest BCUT2D eigenvalue weighted by atomic mass is 9.96. The van der Waals surface area contributed by atoms with Gasteiger partial charge in [-0.15, -0.1) is 0 Å². The monoisotopic (exact) mass is 461 g/mol. The molecule has 2 aliphatic heterocycles. The number of allylic oxidation sites excluding steroid dienone is 4. The maximum Gasteiger partial charge on any atom is 0.344 e. The predicted octanol–water partition coefficient (Wildman–Crippen LogP) is 4.68. The minimum atomic E-state index is -0.738. The van der Waals surface area contributed by atoms with E-state index in [0.717, 1.165) is 12.0 Å². The summed E-state index contributed by atoms with van der Waals surface area (Å²) in [6.07, 6.45) is 8.88. The fraction of sp³-hybridized carbons (Fsp3) is 0.333. The van der Waals surface area contributed by atoms with E-state index in [4.69, 9.17) is 9.47 Å². The molecule has 7 heteroatoms. The molecule has 1 aromatic heterocycles. The minimum absolute atomic E-state index is 0.0170. The van der Waals surface area contributed by atoms with Crippen molar-refractivity contribution in [2.75, 3.05) is 6.54 Å². The van der Waals surface area contributed by atoms with Gasteiger partial charge < -0.3 is 14.4 Å². The number of carbonyl (C=O) groups is 2. The van der Waals surface area contributed by atoms with Crippen LogP contribution in [-0.2, 0) is 15.1 Å². The van der Waals surface area contributed by atoms with Gasteiger partial charge in [-0.25, -0.2) is 9.78 Å². The molecule has 2 atom stereocenters. The molecule has 34 heavy (non-hydrogen) atoms. The molecule has 1 amide bonds. The number of hydrogen-bond acceptors (Lipinski definition) is 6. The third-order valence-corrected chi connectivity index (χ3v) is 6.02. The topological polar surface area (TPSA) is 81.1 Å². The summed E-state index contributed by atoms with van der Waals surface area (Å²) in [5, 5.41) is 0. The van der Waals surface area contributed by atoms with Gasteiger partial charge in [0.1, 0.15) is 17.3 Å². The smallest absolute Gasteiger partial charge is 0.344 e. The lowest BCUT2D eigenvalue weighted by molar-refractivity contribution is -0.132. The largest absolute Gasteiger partial charge is 0.472 e. The number of ether oxygens (including phenoxy) is 2. The molecule has 3 rings (SSSR count). The molecule has 2 unspecified atom stereocenters. The van der Waals surface area contributed by atoms with Gasteiger partial charge in [-0.05, 0) is 45.8 Å². The Balaban J connectivity index is 1.82. The molecule has 7 nitrogen and oxygen atoms in total. The van der Waals surface area contributed by atoms with Crippen molar-refractivity contribution in [2.24, 2.45) is 4.99 Å². The lowest BCUT2D eigenvalue weighted by Crippen LogP contribution is -2.49. The Morgan fingerprint density at radius 1 is 1.29 bits per heavy atom. The molecule has 0 N–H and O–H groups in total. The van der Waals surface area contributed by atoms with Crippen molar-refractivity contribution in [3.63, 3.8) is 0 Å². The van der Waals surface area contributed by atoms with Gasteiger partial charge in [0, 0.05) is 35.2 Å². The van der Waals surface area contributed by atoms with Gasteiger partial charge >= 0.3 is 5.97 Å². The minimum Gasteiger partial charge on any atom is -0.472 e. The number of nitrogens with zero attached hydrogens (tertiary/aromatic N) is 3. The van der Waals surface area contributed by atoms with E-state index in [1.165, 1.54) is 18.4 Å². The highest BCUT2D eigenvalue weighted by Crippen LogP contribution is 2.39. The zero-order chi connectivity index (χ0) is 25.0. The number of pyridine rings is 1. The van der Waals surface area contributed by atoms with Crippen LogP contribution in [0.5, 0.6) is 5.88 Å². The first-order valence-electron chi connectivity index (χ1n) is 11.2. The van der Waals surface area contributed by atoms with Crippen LogP contribution >= 0.6 is 0 Å². The molecule has 178 valence electrons. The second-order valence-electron chi connectivity index (χ2n) is 8.82. The number of hydrogen-bond donors (Lipinski definition) is 0. The van der Waals surface area contributed by atoms with Crippen molar-refractivity contribution >= 4 is 18.1 Å². The molecule has 1 saturated heterocycles. The van der Waals surface area contributed by atoms with Crippen molar-refractivity contribution < 1.29 is 19.1 Å². The summed E-state index contributed by atoms with van der Waals surface area (Å²) < 4.78 is 11.7. The maximum absolute atomic E-state index is 13.5. The third kappa shape index (κ3) is 4.93. The zero-order valence-corrected chi connectivity index (χ0v) is 20.0. The zero-order valence-electron chi connectivity index (χ0n) is 20.0. The van der Waals surface area contributed by atoms with Gasteiger partial charge in [0.05, 0.1) is 12.2 Å². The normalized spacial score (nSPS) is 21.6. The molecule has 0 aromatic carbocycles. The Morgan fingerprint density at radius 3 is 2.71 bits per heavy atom. The number of aliphatic imine (C=N–C) groups is 1. The van der Waals surface area contributed by atoms with E-state index in [-0.39, 0.29) is 23.9 Å². The van der Waals surface area contributed by atoms with Crippen LogP contribution in [0.25, 0.3) is 0 Å². The summed E-state index contributed by atoms with van der Waals surface area (Å²) in [6.45, 7) is 21.2. The molecule has 0 radical (unpaired) electrons. The summed E-state index contributed by atoms with van der Waals surface area (Å²) in [6, 6.07) is 1.75. The number of fused-ring (bicyclic) bond motifs is 1. The number of esters is 1. The Kier molecular flexibility index (Phi) is 7.35. The average Bonchev–Trinajstić information content (AvgIpc) is 3.05. The van der Waals surface area contributed by atoms with Gasteiger partial charge in [0.2, 0.25) is 5.88 Å². The van der Waals surface area contributed by atoms with E-state index >= 15 is 0 Å². The second kappa shape index (κ2) is 10.0. The molecule has 0 spiro atoms. The number of cyclic esters (lactones) is 1. The highest BCUT2D eigenvalue weighted by atomic mass is 16.6. The standard InChI is InChI=1S/C27H31N3O4/c1-8-10-21(18(4)19(5)28-14-9-2)25(31)30-16-20(12-11-17(30)3)33-24-23-22(13-15-29-24)27(6,7)34-26(23)32/h8-10,13-15,17,20H,1-2,4-5,11-12,16H2,3,6-7H3. The van der Waals surface area contributed by atoms with Crippen LogP contribution in [0, 0.1) is 0 Å². The van der Waals surface area contributed by atoms with Gasteiger partial charge in [0.15, 0.2) is 0 Å². The quantitative estimate of drug-likeness (QED) is 0.243. The van der Waals surface area contributed by atoms with Crippen molar-refractivity contribution in [2.45, 2.75) is 51.4 Å².